The number of ketones is 1. The molecule has 0 amide bonds. The first-order valence-electron chi connectivity index (χ1n) is 10.3. The number of hydrogen-bond donors (Lipinski definition) is 2. The Bertz CT molecular complexity index is 672. The first-order chi connectivity index (χ1) is 11.6. The summed E-state index contributed by atoms with van der Waals surface area (Å²) in [6, 6.07) is 0. The van der Waals surface area contributed by atoms with E-state index in [4.69, 9.17) is 4.74 Å². The van der Waals surface area contributed by atoms with E-state index in [2.05, 4.69) is 79.9 Å². The summed E-state index contributed by atoms with van der Waals surface area (Å²) in [5, 5.41) is 4.87. The molecule has 4 heteroatoms. The summed E-state index contributed by atoms with van der Waals surface area (Å²) < 4.78 is 6.87. The fraction of sp³-hybridized carbons (Fsp3) is 0.864. The van der Waals surface area contributed by atoms with Crippen molar-refractivity contribution in [2.24, 2.45) is 11.8 Å². The molecule has 3 heterocycles. The first kappa shape index (κ1) is 19.9. The number of hydrogen-bond acceptors (Lipinski definition) is 2. The highest BCUT2D eigenvalue weighted by molar-refractivity contribution is 5.92. The Balaban J connectivity index is 2.11. The van der Waals surface area contributed by atoms with Gasteiger partial charge in [-0.25, -0.2) is 0 Å². The lowest BCUT2D eigenvalue weighted by Crippen LogP contribution is -3.12. The topological polar surface area (TPSA) is 59.5 Å². The molecule has 0 aliphatic carbocycles. The van der Waals surface area contributed by atoms with E-state index in [1.807, 2.05) is 0 Å². The molecule has 0 radical (unpaired) electrons. The van der Waals surface area contributed by atoms with E-state index >= 15 is 0 Å². The van der Waals surface area contributed by atoms with Gasteiger partial charge in [-0.15, -0.1) is 0 Å². The molecule has 1 saturated heterocycles. The van der Waals surface area contributed by atoms with Gasteiger partial charge >= 0.3 is 0 Å². The van der Waals surface area contributed by atoms with Crippen LogP contribution in [0.25, 0.3) is 0 Å². The van der Waals surface area contributed by atoms with Crippen LogP contribution in [0.1, 0.15) is 82.1 Å². The minimum Gasteiger partial charge on any atom is -0.476 e. The minimum atomic E-state index is -0.724. The van der Waals surface area contributed by atoms with Gasteiger partial charge in [0.1, 0.15) is 27.9 Å². The fourth-order valence-electron chi connectivity index (χ4n) is 6.00. The van der Waals surface area contributed by atoms with Gasteiger partial charge in [0, 0.05) is 12.0 Å². The standard InChI is InChI=1S/C22H38N2O2/c1-13-16-15(20(7,8)23-18(13,3)4)11-12-22(26-16)17(25)14(2)19(5,6)24-21(22,9)10/h13-14,23-24H,11-12H2,1-10H3/p+2/t13-,14+,22-/m1/s1. The van der Waals surface area contributed by atoms with Crippen LogP contribution in [0.15, 0.2) is 11.3 Å². The van der Waals surface area contributed by atoms with E-state index in [1.165, 1.54) is 5.57 Å². The Morgan fingerprint density at radius 1 is 0.885 bits per heavy atom. The van der Waals surface area contributed by atoms with Gasteiger partial charge in [0.25, 0.3) is 0 Å². The molecule has 0 saturated carbocycles. The quantitative estimate of drug-likeness (QED) is 0.690. The van der Waals surface area contributed by atoms with E-state index in [9.17, 15) is 4.79 Å². The second-order valence-corrected chi connectivity index (χ2v) is 11.5. The zero-order valence-electron chi connectivity index (χ0n) is 18.5. The van der Waals surface area contributed by atoms with Gasteiger partial charge in [0.2, 0.25) is 5.60 Å². The molecule has 26 heavy (non-hydrogen) atoms. The maximum absolute atomic E-state index is 13.7. The summed E-state index contributed by atoms with van der Waals surface area (Å²) in [5.41, 5.74) is 0.359. The van der Waals surface area contributed by atoms with Crippen LogP contribution in [-0.2, 0) is 9.53 Å². The average Bonchev–Trinajstić information content (AvgIpc) is 2.47. The second-order valence-electron chi connectivity index (χ2n) is 11.5. The molecule has 148 valence electrons. The van der Waals surface area contributed by atoms with Gasteiger partial charge in [-0.2, -0.15) is 0 Å². The molecule has 4 nitrogen and oxygen atoms in total. The summed E-state index contributed by atoms with van der Waals surface area (Å²) in [6.45, 7) is 22.3. The van der Waals surface area contributed by atoms with Crippen LogP contribution >= 0.6 is 0 Å². The predicted octanol–water partition coefficient (Wildman–Crippen LogP) is 1.90. The lowest BCUT2D eigenvalue weighted by molar-refractivity contribution is -0.801. The Morgan fingerprint density at radius 3 is 2.00 bits per heavy atom. The molecule has 3 aliphatic rings. The van der Waals surface area contributed by atoms with Crippen LogP contribution in [0, 0.1) is 11.8 Å². The second kappa shape index (κ2) is 5.35. The van der Waals surface area contributed by atoms with Gasteiger partial charge in [-0.3, -0.25) is 4.79 Å². The molecule has 4 N–H and O–H groups in total. The van der Waals surface area contributed by atoms with Crippen LogP contribution in [0.2, 0.25) is 0 Å². The molecule has 3 aliphatic heterocycles. The number of rotatable bonds is 0. The SMILES string of the molecule is C[C@@H]1C2=C(CC[C@@]3(O2)C(=O)[C@H](C)C(C)(C)[NH2+]C3(C)C)C(C)(C)[NH2+]C1(C)C. The highest BCUT2D eigenvalue weighted by Gasteiger charge is 2.67. The first-order valence-corrected chi connectivity index (χ1v) is 10.3. The number of carbonyl (C=O) groups excluding carboxylic acids is 1. The number of Topliss-reactive ketones (excluding diaryl/α,β-unsaturated/α-hetero) is 1. The van der Waals surface area contributed by atoms with Gasteiger partial charge < -0.3 is 15.4 Å². The number of carbonyl (C=O) groups is 1. The third-order valence-corrected chi connectivity index (χ3v) is 8.01. The van der Waals surface area contributed by atoms with E-state index < -0.39 is 5.60 Å². The Labute approximate surface area is 159 Å². The van der Waals surface area contributed by atoms with Gasteiger partial charge in [-0.05, 0) is 75.7 Å². The molecular formula is C22H40N2O2+2. The molecule has 1 spiro atoms. The van der Waals surface area contributed by atoms with Crippen molar-refractivity contribution in [2.75, 3.05) is 0 Å². The van der Waals surface area contributed by atoms with Crippen LogP contribution in [0.4, 0.5) is 0 Å². The highest BCUT2D eigenvalue weighted by Crippen LogP contribution is 2.49. The molecule has 3 rings (SSSR count). The summed E-state index contributed by atoms with van der Waals surface area (Å²) >= 11 is 0. The number of piperidine rings is 1. The fourth-order valence-corrected chi connectivity index (χ4v) is 6.00. The molecule has 0 aromatic carbocycles. The van der Waals surface area contributed by atoms with Gasteiger partial charge in [-0.1, -0.05) is 0 Å². The smallest absolute Gasteiger partial charge is 0.220 e. The zero-order valence-corrected chi connectivity index (χ0v) is 18.5. The summed E-state index contributed by atoms with van der Waals surface area (Å²) in [4.78, 5) is 13.7. The van der Waals surface area contributed by atoms with E-state index in [0.29, 0.717) is 5.78 Å². The maximum atomic E-state index is 13.7. The average molecular weight is 365 g/mol. The normalized spacial score (nSPS) is 40.2. The van der Waals surface area contributed by atoms with Crippen LogP contribution in [-0.4, -0.2) is 33.5 Å². The van der Waals surface area contributed by atoms with Gasteiger partial charge in [0.15, 0.2) is 5.78 Å². The van der Waals surface area contributed by atoms with E-state index in [0.717, 1.165) is 18.6 Å². The maximum Gasteiger partial charge on any atom is 0.220 e. The molecule has 1 fully saturated rings. The lowest BCUT2D eigenvalue weighted by atomic mass is 9.61. The number of quaternary nitrogens is 2. The van der Waals surface area contributed by atoms with Crippen molar-refractivity contribution < 1.29 is 20.2 Å². The lowest BCUT2D eigenvalue weighted by Gasteiger charge is -2.57. The summed E-state index contributed by atoms with van der Waals surface area (Å²) in [5.74, 6) is 1.65. The van der Waals surface area contributed by atoms with E-state index in [1.54, 1.807) is 0 Å². The van der Waals surface area contributed by atoms with Crippen molar-refractivity contribution in [1.82, 2.24) is 0 Å². The number of nitrogens with two attached hydrogens (primary N) is 2. The van der Waals surface area contributed by atoms with Crippen molar-refractivity contribution in [3.05, 3.63) is 11.3 Å². The third-order valence-electron chi connectivity index (χ3n) is 8.01. The van der Waals surface area contributed by atoms with Crippen molar-refractivity contribution in [3.63, 3.8) is 0 Å². The monoisotopic (exact) mass is 364 g/mol. The van der Waals surface area contributed by atoms with Crippen molar-refractivity contribution in [1.29, 1.82) is 0 Å². The Hall–Kier alpha value is -0.870. The van der Waals surface area contributed by atoms with Crippen molar-refractivity contribution in [2.45, 2.75) is 110 Å². The van der Waals surface area contributed by atoms with E-state index in [-0.39, 0.29) is 34.0 Å². The van der Waals surface area contributed by atoms with Crippen LogP contribution in [0.3, 0.4) is 0 Å². The molecule has 0 unspecified atom stereocenters. The molecule has 0 aromatic rings. The molecule has 3 atom stereocenters. The number of ether oxygens (including phenoxy) is 1. The largest absolute Gasteiger partial charge is 0.476 e. The highest BCUT2D eigenvalue weighted by atomic mass is 16.5. The molecule has 0 bridgehead atoms. The summed E-state index contributed by atoms with van der Waals surface area (Å²) in [7, 11) is 0. The van der Waals surface area contributed by atoms with Gasteiger partial charge in [0.05, 0.1) is 11.8 Å². The minimum absolute atomic E-state index is 0.0173. The molecular weight excluding hydrogens is 324 g/mol. The van der Waals surface area contributed by atoms with Crippen molar-refractivity contribution >= 4 is 5.78 Å². The molecule has 0 aromatic heterocycles. The predicted molar refractivity (Wildman–Crippen MR) is 104 cm³/mol. The van der Waals surface area contributed by atoms with Crippen molar-refractivity contribution in [3.8, 4) is 0 Å². The third kappa shape index (κ3) is 2.51. The Morgan fingerprint density at radius 2 is 1.42 bits per heavy atom. The van der Waals surface area contributed by atoms with Crippen LogP contribution in [0.5, 0.6) is 0 Å². The summed E-state index contributed by atoms with van der Waals surface area (Å²) in [6.07, 6.45) is 1.74. The zero-order chi connectivity index (χ0) is 19.9. The van der Waals surface area contributed by atoms with Crippen LogP contribution < -0.4 is 10.6 Å². The Kier molecular flexibility index (Phi) is 4.09.